The maximum absolute atomic E-state index is 14.5. The van der Waals surface area contributed by atoms with E-state index in [4.69, 9.17) is 0 Å². The molecule has 0 spiro atoms. The molecule has 9 heteroatoms. The quantitative estimate of drug-likeness (QED) is 0.680. The van der Waals surface area contributed by atoms with Crippen LogP contribution in [0.15, 0.2) is 41.3 Å². The fourth-order valence-corrected chi connectivity index (χ4v) is 3.39. The molecular formula is C20H15F2N3O4. The van der Waals surface area contributed by atoms with Crippen molar-refractivity contribution in [2.75, 3.05) is 11.4 Å². The molecule has 1 aliphatic rings. The summed E-state index contributed by atoms with van der Waals surface area (Å²) in [5, 5.41) is 9.68. The van der Waals surface area contributed by atoms with Crippen LogP contribution in [0.1, 0.15) is 23.7 Å². The normalized spacial score (nSPS) is 16.6. The first kappa shape index (κ1) is 18.9. The third-order valence-electron chi connectivity index (χ3n) is 4.77. The van der Waals surface area contributed by atoms with Gasteiger partial charge in [0, 0.05) is 6.20 Å². The van der Waals surface area contributed by atoms with Gasteiger partial charge in [-0.05, 0) is 31.2 Å². The number of nitrogens with zero attached hydrogens (tertiary/aromatic N) is 3. The number of rotatable bonds is 3. The van der Waals surface area contributed by atoms with Crippen LogP contribution < -0.4 is 10.3 Å². The Morgan fingerprint density at radius 2 is 1.86 bits per heavy atom. The summed E-state index contributed by atoms with van der Waals surface area (Å²) in [6.07, 6.45) is 0.121. The van der Waals surface area contributed by atoms with Gasteiger partial charge < -0.3 is 5.11 Å². The first-order valence-electron chi connectivity index (χ1n) is 8.78. The van der Waals surface area contributed by atoms with Crippen molar-refractivity contribution >= 4 is 28.5 Å². The first-order chi connectivity index (χ1) is 13.8. The van der Waals surface area contributed by atoms with Gasteiger partial charge in [0.25, 0.3) is 0 Å². The van der Waals surface area contributed by atoms with Crippen LogP contribution in [-0.4, -0.2) is 39.0 Å². The number of amides is 1. The lowest BCUT2D eigenvalue weighted by molar-refractivity contribution is -0.117. The summed E-state index contributed by atoms with van der Waals surface area (Å²) >= 11 is 0. The number of Topliss-reactive ketones (excluding diaryl/α,β-unsaturated/α-hetero) is 1. The highest BCUT2D eigenvalue weighted by Crippen LogP contribution is 2.26. The average Bonchev–Trinajstić information content (AvgIpc) is 3.00. The second-order valence-corrected chi connectivity index (χ2v) is 6.77. The van der Waals surface area contributed by atoms with Gasteiger partial charge in [0.15, 0.2) is 11.4 Å². The minimum atomic E-state index is -0.913. The van der Waals surface area contributed by atoms with Crippen molar-refractivity contribution in [2.45, 2.75) is 19.4 Å². The number of carbonyl (C=O) groups is 2. The third kappa shape index (κ3) is 3.09. The van der Waals surface area contributed by atoms with Crippen LogP contribution in [-0.2, 0) is 4.79 Å². The lowest BCUT2D eigenvalue weighted by Gasteiger charge is -2.18. The molecule has 2 aromatic heterocycles. The Bertz CT molecular complexity index is 1220. The molecule has 7 nitrogen and oxygen atoms in total. The molecule has 1 saturated heterocycles. The summed E-state index contributed by atoms with van der Waals surface area (Å²) in [6.45, 7) is 1.19. The van der Waals surface area contributed by atoms with Crippen molar-refractivity contribution in [3.05, 3.63) is 63.9 Å². The number of benzene rings is 1. The maximum atomic E-state index is 14.5. The molecule has 1 aromatic carbocycles. The minimum Gasteiger partial charge on any atom is -0.391 e. The van der Waals surface area contributed by atoms with E-state index in [-0.39, 0.29) is 41.3 Å². The molecule has 0 bridgehead atoms. The molecule has 1 atom stereocenters. The summed E-state index contributed by atoms with van der Waals surface area (Å²) in [6, 6.07) is 6.01. The van der Waals surface area contributed by atoms with Gasteiger partial charge in [0.2, 0.25) is 11.3 Å². The van der Waals surface area contributed by atoms with Gasteiger partial charge in [0.05, 0.1) is 30.0 Å². The number of fused-ring (bicyclic) bond motifs is 1. The Morgan fingerprint density at radius 1 is 1.17 bits per heavy atom. The summed E-state index contributed by atoms with van der Waals surface area (Å²) in [5.41, 5.74) is -1.50. The lowest BCUT2D eigenvalue weighted by atomic mass is 10.1. The molecule has 1 amide bonds. The van der Waals surface area contributed by atoms with E-state index in [0.717, 1.165) is 22.9 Å². The lowest BCUT2D eigenvalue weighted by Crippen LogP contribution is -2.27. The zero-order valence-electron chi connectivity index (χ0n) is 15.2. The van der Waals surface area contributed by atoms with Crippen molar-refractivity contribution in [3.63, 3.8) is 0 Å². The van der Waals surface area contributed by atoms with Crippen LogP contribution in [0.5, 0.6) is 0 Å². The van der Waals surface area contributed by atoms with Crippen LogP contribution in [0.2, 0.25) is 0 Å². The molecule has 148 valence electrons. The van der Waals surface area contributed by atoms with Crippen LogP contribution in [0.3, 0.4) is 0 Å². The Morgan fingerprint density at radius 3 is 2.45 bits per heavy atom. The van der Waals surface area contributed by atoms with Gasteiger partial charge in [-0.25, -0.2) is 13.8 Å². The van der Waals surface area contributed by atoms with Crippen LogP contribution >= 0.6 is 0 Å². The van der Waals surface area contributed by atoms with Gasteiger partial charge in [-0.3, -0.25) is 23.9 Å². The monoisotopic (exact) mass is 399 g/mol. The summed E-state index contributed by atoms with van der Waals surface area (Å²) in [7, 11) is 0. The standard InChI is InChI=1S/C20H15F2N3O4/c1-10(26)13-9-25(18-14(21)3-2-4-15(18)22)20-12(19(13)29)5-6-16(23-20)24-8-11(27)7-17(24)28/h2-6,9,11,27H,7-8H2,1H3/t11-/m0/s1. The van der Waals surface area contributed by atoms with Gasteiger partial charge >= 0.3 is 0 Å². The van der Waals surface area contributed by atoms with Crippen LogP contribution in [0.4, 0.5) is 14.6 Å². The SMILES string of the molecule is CC(=O)c1cn(-c2c(F)cccc2F)c2nc(N3C[C@@H](O)CC3=O)ccc2c1=O. The van der Waals surface area contributed by atoms with Gasteiger partial charge in [-0.15, -0.1) is 0 Å². The summed E-state index contributed by atoms with van der Waals surface area (Å²) in [5.74, 6) is -2.63. The van der Waals surface area contributed by atoms with Gasteiger partial charge in [0.1, 0.15) is 23.1 Å². The topological polar surface area (TPSA) is 92.5 Å². The number of carbonyl (C=O) groups excluding carboxylic acids is 2. The number of hydrogen-bond acceptors (Lipinski definition) is 5. The van der Waals surface area contributed by atoms with E-state index in [1.807, 2.05) is 0 Å². The Kier molecular flexibility index (Phi) is 4.46. The largest absolute Gasteiger partial charge is 0.391 e. The summed E-state index contributed by atoms with van der Waals surface area (Å²) < 4.78 is 29.9. The molecule has 0 unspecified atom stereocenters. The highest BCUT2D eigenvalue weighted by atomic mass is 19.1. The number of anilines is 1. The maximum Gasteiger partial charge on any atom is 0.230 e. The average molecular weight is 399 g/mol. The fourth-order valence-electron chi connectivity index (χ4n) is 3.39. The molecule has 3 aromatic rings. The second-order valence-electron chi connectivity index (χ2n) is 6.77. The third-order valence-corrected chi connectivity index (χ3v) is 4.77. The van der Waals surface area contributed by atoms with Crippen molar-refractivity contribution in [2.24, 2.45) is 0 Å². The number of β-amino-alcohol motifs (C(OH)–C–C–N with tert-alkyl or cyclic N) is 1. The molecule has 1 N–H and O–H groups in total. The number of para-hydroxylation sites is 1. The zero-order chi connectivity index (χ0) is 20.9. The molecule has 0 aliphatic carbocycles. The van der Waals surface area contributed by atoms with Crippen molar-refractivity contribution in [1.82, 2.24) is 9.55 Å². The van der Waals surface area contributed by atoms with Crippen molar-refractivity contribution in [1.29, 1.82) is 0 Å². The first-order valence-corrected chi connectivity index (χ1v) is 8.78. The fraction of sp³-hybridized carbons (Fsp3) is 0.200. The zero-order valence-corrected chi connectivity index (χ0v) is 15.2. The highest BCUT2D eigenvalue weighted by Gasteiger charge is 2.30. The molecule has 0 saturated carbocycles. The molecule has 1 fully saturated rings. The van der Waals surface area contributed by atoms with Crippen LogP contribution in [0.25, 0.3) is 16.7 Å². The minimum absolute atomic E-state index is 0.0150. The van der Waals surface area contributed by atoms with E-state index in [2.05, 4.69) is 4.98 Å². The van der Waals surface area contributed by atoms with Gasteiger partial charge in [-0.1, -0.05) is 6.07 Å². The second kappa shape index (κ2) is 6.85. The molecule has 1 aliphatic heterocycles. The van der Waals surface area contributed by atoms with E-state index in [1.165, 1.54) is 30.0 Å². The van der Waals surface area contributed by atoms with Crippen LogP contribution in [0, 0.1) is 11.6 Å². The molecule has 4 rings (SSSR count). The number of halogens is 2. The van der Waals surface area contributed by atoms with E-state index >= 15 is 0 Å². The van der Waals surface area contributed by atoms with Crippen molar-refractivity contribution in [3.8, 4) is 5.69 Å². The number of aliphatic hydroxyl groups excluding tert-OH is 1. The Balaban J connectivity index is 2.05. The van der Waals surface area contributed by atoms with Crippen molar-refractivity contribution < 1.29 is 23.5 Å². The van der Waals surface area contributed by atoms with E-state index < -0.39 is 34.6 Å². The molecule has 29 heavy (non-hydrogen) atoms. The number of hydrogen-bond donors (Lipinski definition) is 1. The van der Waals surface area contributed by atoms with Gasteiger partial charge in [-0.2, -0.15) is 0 Å². The van der Waals surface area contributed by atoms with E-state index in [1.54, 1.807) is 0 Å². The number of aliphatic hydroxyl groups is 1. The van der Waals surface area contributed by atoms with E-state index in [0.29, 0.717) is 0 Å². The molecular weight excluding hydrogens is 384 g/mol. The number of aromatic nitrogens is 2. The Hall–Kier alpha value is -3.46. The Labute approximate surface area is 162 Å². The predicted molar refractivity (Wildman–Crippen MR) is 100 cm³/mol. The number of pyridine rings is 2. The highest BCUT2D eigenvalue weighted by molar-refractivity contribution is 5.98. The van der Waals surface area contributed by atoms with E-state index in [9.17, 15) is 28.3 Å². The predicted octanol–water partition coefficient (Wildman–Crippen LogP) is 1.96. The smallest absolute Gasteiger partial charge is 0.230 e. The molecule has 3 heterocycles. The molecule has 0 radical (unpaired) electrons. The summed E-state index contributed by atoms with van der Waals surface area (Å²) in [4.78, 5) is 42.2. The number of ketones is 1.